The van der Waals surface area contributed by atoms with Gasteiger partial charge in [0.15, 0.2) is 6.61 Å². The molecule has 1 heterocycles. The van der Waals surface area contributed by atoms with E-state index < -0.39 is 0 Å². The molecule has 6 heteroatoms. The largest absolute Gasteiger partial charge is 0.479 e. The lowest BCUT2D eigenvalue weighted by Gasteiger charge is -2.06. The van der Waals surface area contributed by atoms with Gasteiger partial charge in [-0.2, -0.15) is 5.26 Å². The van der Waals surface area contributed by atoms with Gasteiger partial charge in [0.05, 0.1) is 6.54 Å². The van der Waals surface area contributed by atoms with Gasteiger partial charge in [-0.05, 0) is 12.1 Å². The van der Waals surface area contributed by atoms with Crippen LogP contribution in [0.3, 0.4) is 0 Å². The van der Waals surface area contributed by atoms with E-state index in [1.807, 2.05) is 43.6 Å². The van der Waals surface area contributed by atoms with E-state index >= 15 is 0 Å². The van der Waals surface area contributed by atoms with Crippen molar-refractivity contribution in [1.29, 1.82) is 5.26 Å². The number of ether oxygens (including phenoxy) is 1. The Balaban J connectivity index is 1.95. The Kier molecular flexibility index (Phi) is 3.76. The third-order valence-corrected chi connectivity index (χ3v) is 2.26. The highest BCUT2D eigenvalue weighted by atomic mass is 16.5. The van der Waals surface area contributed by atoms with Crippen LogP contribution in [0.2, 0.25) is 0 Å². The second-order valence-corrected chi connectivity index (χ2v) is 3.71. The van der Waals surface area contributed by atoms with E-state index in [2.05, 4.69) is 15.6 Å². The van der Waals surface area contributed by atoms with Crippen LogP contribution in [0.4, 0.5) is 5.69 Å². The zero-order chi connectivity index (χ0) is 12.8. The molecule has 0 saturated carbocycles. The lowest BCUT2D eigenvalue weighted by atomic mass is 10.3. The van der Waals surface area contributed by atoms with Crippen molar-refractivity contribution in [1.82, 2.24) is 15.0 Å². The van der Waals surface area contributed by atoms with Gasteiger partial charge in [0.25, 0.3) is 0 Å². The molecule has 1 N–H and O–H groups in total. The number of aromatic nitrogens is 3. The van der Waals surface area contributed by atoms with E-state index in [1.165, 1.54) is 0 Å². The van der Waals surface area contributed by atoms with E-state index in [0.717, 1.165) is 11.4 Å². The maximum absolute atomic E-state index is 8.44. The van der Waals surface area contributed by atoms with Crippen LogP contribution < -0.4 is 10.1 Å². The van der Waals surface area contributed by atoms with Crippen LogP contribution in [-0.2, 0) is 13.6 Å². The molecule has 0 aliphatic rings. The molecular weight excluding hydrogens is 230 g/mol. The van der Waals surface area contributed by atoms with Crippen LogP contribution in [0, 0.1) is 11.3 Å². The average Bonchev–Trinajstić information content (AvgIpc) is 2.80. The van der Waals surface area contributed by atoms with Gasteiger partial charge in [-0.1, -0.05) is 11.3 Å². The number of anilines is 1. The summed E-state index contributed by atoms with van der Waals surface area (Å²) in [5.41, 5.74) is 1.77. The van der Waals surface area contributed by atoms with Crippen molar-refractivity contribution in [3.05, 3.63) is 36.2 Å². The summed E-state index contributed by atoms with van der Waals surface area (Å²) in [6.45, 7) is 0.642. The number of aryl methyl sites for hydroxylation is 1. The van der Waals surface area contributed by atoms with Crippen molar-refractivity contribution in [3.63, 3.8) is 0 Å². The molecule has 0 amide bonds. The highest BCUT2D eigenvalue weighted by Crippen LogP contribution is 2.17. The van der Waals surface area contributed by atoms with Crippen molar-refractivity contribution in [2.75, 3.05) is 11.9 Å². The van der Waals surface area contributed by atoms with Gasteiger partial charge in [0, 0.05) is 25.0 Å². The minimum Gasteiger partial charge on any atom is -0.479 e. The van der Waals surface area contributed by atoms with E-state index in [1.54, 1.807) is 4.68 Å². The minimum absolute atomic E-state index is 0.0492. The summed E-state index contributed by atoms with van der Waals surface area (Å²) in [5, 5.41) is 19.5. The number of nitriles is 1. The third-order valence-electron chi connectivity index (χ3n) is 2.26. The SMILES string of the molecule is Cn1cc(CNc2cccc(OCC#N)c2)nn1. The predicted octanol–water partition coefficient (Wildman–Crippen LogP) is 1.33. The number of hydrogen-bond acceptors (Lipinski definition) is 5. The first kappa shape index (κ1) is 11.9. The fraction of sp³-hybridized carbons (Fsp3) is 0.250. The number of rotatable bonds is 5. The first-order valence-electron chi connectivity index (χ1n) is 5.47. The quantitative estimate of drug-likeness (QED) is 0.857. The predicted molar refractivity (Wildman–Crippen MR) is 65.9 cm³/mol. The minimum atomic E-state index is 0.0492. The van der Waals surface area contributed by atoms with E-state index in [0.29, 0.717) is 12.3 Å². The van der Waals surface area contributed by atoms with Crippen LogP contribution in [0.1, 0.15) is 5.69 Å². The van der Waals surface area contributed by atoms with E-state index in [9.17, 15) is 0 Å². The van der Waals surface area contributed by atoms with E-state index in [-0.39, 0.29) is 6.61 Å². The van der Waals surface area contributed by atoms with Crippen LogP contribution in [0.5, 0.6) is 5.75 Å². The van der Waals surface area contributed by atoms with Crippen molar-refractivity contribution < 1.29 is 4.74 Å². The lowest BCUT2D eigenvalue weighted by Crippen LogP contribution is -2.00. The summed E-state index contributed by atoms with van der Waals surface area (Å²) >= 11 is 0. The molecule has 6 nitrogen and oxygen atoms in total. The Hall–Kier alpha value is -2.55. The first-order valence-corrected chi connectivity index (χ1v) is 5.47. The maximum atomic E-state index is 8.44. The molecule has 0 saturated heterocycles. The van der Waals surface area contributed by atoms with Gasteiger partial charge in [-0.15, -0.1) is 5.10 Å². The Labute approximate surface area is 105 Å². The fourth-order valence-electron chi connectivity index (χ4n) is 1.48. The highest BCUT2D eigenvalue weighted by Gasteiger charge is 2.00. The lowest BCUT2D eigenvalue weighted by molar-refractivity contribution is 0.368. The Morgan fingerprint density at radius 1 is 1.50 bits per heavy atom. The van der Waals surface area contributed by atoms with Crippen LogP contribution in [0.15, 0.2) is 30.5 Å². The van der Waals surface area contributed by atoms with Gasteiger partial charge >= 0.3 is 0 Å². The Morgan fingerprint density at radius 3 is 3.11 bits per heavy atom. The number of hydrogen-bond donors (Lipinski definition) is 1. The van der Waals surface area contributed by atoms with Gasteiger partial charge in [0.1, 0.15) is 17.5 Å². The number of nitrogens with zero attached hydrogens (tertiary/aromatic N) is 4. The summed E-state index contributed by atoms with van der Waals surface area (Å²) < 4.78 is 6.87. The molecule has 0 bridgehead atoms. The monoisotopic (exact) mass is 243 g/mol. The summed E-state index contributed by atoms with van der Waals surface area (Å²) in [7, 11) is 1.83. The zero-order valence-electron chi connectivity index (χ0n) is 10.00. The van der Waals surface area contributed by atoms with Gasteiger partial charge in [0.2, 0.25) is 0 Å². The molecular formula is C12H13N5O. The molecule has 2 rings (SSSR count). The third kappa shape index (κ3) is 3.22. The summed E-state index contributed by atoms with van der Waals surface area (Å²) in [6, 6.07) is 9.38. The van der Waals surface area contributed by atoms with Crippen molar-refractivity contribution in [3.8, 4) is 11.8 Å². The van der Waals surface area contributed by atoms with Gasteiger partial charge < -0.3 is 10.1 Å². The molecule has 1 aromatic heterocycles. The van der Waals surface area contributed by atoms with Crippen LogP contribution in [-0.4, -0.2) is 21.6 Å². The molecule has 1 aromatic carbocycles. The number of nitrogens with one attached hydrogen (secondary N) is 1. The standard InChI is InChI=1S/C12H13N5O/c1-17-9-11(15-16-17)8-14-10-3-2-4-12(7-10)18-6-5-13/h2-4,7,9,14H,6,8H2,1H3. The van der Waals surface area contributed by atoms with Crippen molar-refractivity contribution in [2.24, 2.45) is 7.05 Å². The maximum Gasteiger partial charge on any atom is 0.174 e. The van der Waals surface area contributed by atoms with Crippen molar-refractivity contribution >= 4 is 5.69 Å². The second kappa shape index (κ2) is 5.68. The Morgan fingerprint density at radius 2 is 2.39 bits per heavy atom. The molecule has 0 fully saturated rings. The zero-order valence-corrected chi connectivity index (χ0v) is 10.00. The number of benzene rings is 1. The van der Waals surface area contributed by atoms with Crippen LogP contribution in [0.25, 0.3) is 0 Å². The van der Waals surface area contributed by atoms with Gasteiger partial charge in [-0.3, -0.25) is 4.68 Å². The molecule has 0 unspecified atom stereocenters. The molecule has 0 radical (unpaired) electrons. The topological polar surface area (TPSA) is 75.8 Å². The highest BCUT2D eigenvalue weighted by molar-refractivity contribution is 5.48. The van der Waals surface area contributed by atoms with Crippen molar-refractivity contribution in [2.45, 2.75) is 6.54 Å². The Bertz CT molecular complexity index is 558. The second-order valence-electron chi connectivity index (χ2n) is 3.71. The molecule has 18 heavy (non-hydrogen) atoms. The fourth-order valence-corrected chi connectivity index (χ4v) is 1.48. The molecule has 2 aromatic rings. The van der Waals surface area contributed by atoms with Crippen LogP contribution >= 0.6 is 0 Å². The average molecular weight is 243 g/mol. The summed E-state index contributed by atoms with van der Waals surface area (Å²) in [5.74, 6) is 0.667. The molecule has 92 valence electrons. The molecule has 0 aliphatic heterocycles. The summed E-state index contributed by atoms with van der Waals surface area (Å²) in [4.78, 5) is 0. The molecule has 0 spiro atoms. The first-order chi connectivity index (χ1) is 8.78. The van der Waals surface area contributed by atoms with E-state index in [4.69, 9.17) is 10.00 Å². The molecule has 0 aliphatic carbocycles. The summed E-state index contributed by atoms with van der Waals surface area (Å²) in [6.07, 6.45) is 1.85. The van der Waals surface area contributed by atoms with Gasteiger partial charge in [-0.25, -0.2) is 0 Å². The normalized spacial score (nSPS) is 9.78. The smallest absolute Gasteiger partial charge is 0.174 e. The molecule has 0 atom stereocenters.